The summed E-state index contributed by atoms with van der Waals surface area (Å²) in [5.74, 6) is 0.855. The van der Waals surface area contributed by atoms with E-state index in [9.17, 15) is 14.7 Å². The highest BCUT2D eigenvalue weighted by Gasteiger charge is 2.79. The van der Waals surface area contributed by atoms with Gasteiger partial charge >= 0.3 is 5.97 Å². The number of ether oxygens (including phenoxy) is 3. The molecular formula is C21H24O6. The lowest BCUT2D eigenvalue weighted by atomic mass is 9.42. The smallest absolute Gasteiger partial charge is 0.306 e. The lowest BCUT2D eigenvalue weighted by molar-refractivity contribution is -0.392. The summed E-state index contributed by atoms with van der Waals surface area (Å²) in [7, 11) is 0. The first-order valence-electron chi connectivity index (χ1n) is 9.75. The van der Waals surface area contributed by atoms with Crippen LogP contribution in [0.15, 0.2) is 11.6 Å². The van der Waals surface area contributed by atoms with Crippen LogP contribution in [0.3, 0.4) is 0 Å². The van der Waals surface area contributed by atoms with Crippen LogP contribution in [0.1, 0.15) is 40.0 Å². The summed E-state index contributed by atoms with van der Waals surface area (Å²) in [5, 5.41) is 11.5. The summed E-state index contributed by atoms with van der Waals surface area (Å²) in [5.41, 5.74) is -1.05. The van der Waals surface area contributed by atoms with E-state index in [1.54, 1.807) is 6.08 Å². The second kappa shape index (κ2) is 5.15. The maximum Gasteiger partial charge on any atom is 0.306 e. The molecule has 0 spiro atoms. The Hall–Kier alpha value is -1.84. The van der Waals surface area contributed by atoms with Crippen molar-refractivity contribution >= 4 is 11.8 Å². The highest BCUT2D eigenvalue weighted by atomic mass is 16.6. The van der Waals surface area contributed by atoms with E-state index in [1.165, 1.54) is 0 Å². The predicted octanol–water partition coefficient (Wildman–Crippen LogP) is 1.56. The lowest BCUT2D eigenvalue weighted by Gasteiger charge is -2.69. The summed E-state index contributed by atoms with van der Waals surface area (Å²) in [6, 6.07) is 0. The van der Waals surface area contributed by atoms with Gasteiger partial charge in [0.25, 0.3) is 0 Å². The van der Waals surface area contributed by atoms with E-state index >= 15 is 0 Å². The molecule has 27 heavy (non-hydrogen) atoms. The SMILES string of the molecule is CCOC#C[C@@]12O[C@@]3(O)C[C@H](C(=O)C=C1C)[C@@]2(C)[C@@H]1[C@H]2CC(=O)O[C@H]2C[C@@H]13. The molecule has 3 saturated heterocycles. The molecule has 6 nitrogen and oxygen atoms in total. The predicted molar refractivity (Wildman–Crippen MR) is 92.7 cm³/mol. The van der Waals surface area contributed by atoms with Crippen molar-refractivity contribution in [2.75, 3.05) is 6.61 Å². The monoisotopic (exact) mass is 372 g/mol. The number of carbonyl (C=O) groups is 2. The molecule has 5 fully saturated rings. The van der Waals surface area contributed by atoms with E-state index < -0.39 is 22.7 Å². The van der Waals surface area contributed by atoms with Crippen molar-refractivity contribution in [2.24, 2.45) is 29.1 Å². The van der Waals surface area contributed by atoms with Crippen LogP contribution in [0.4, 0.5) is 0 Å². The third-order valence-electron chi connectivity index (χ3n) is 7.83. The third-order valence-corrected chi connectivity index (χ3v) is 7.83. The van der Waals surface area contributed by atoms with Gasteiger partial charge in [0.2, 0.25) is 0 Å². The highest BCUT2D eigenvalue weighted by Crippen LogP contribution is 2.73. The fraction of sp³-hybridized carbons (Fsp3) is 0.714. The molecule has 1 N–H and O–H groups in total. The number of hydrogen-bond acceptors (Lipinski definition) is 6. The first kappa shape index (κ1) is 17.3. The Kier molecular flexibility index (Phi) is 3.29. The second-order valence-corrected chi connectivity index (χ2v) is 8.82. The number of aliphatic hydroxyl groups is 1. The first-order chi connectivity index (χ1) is 12.8. The topological polar surface area (TPSA) is 82.1 Å². The number of esters is 1. The molecule has 3 heterocycles. The fourth-order valence-corrected chi connectivity index (χ4v) is 6.85. The van der Waals surface area contributed by atoms with Crippen molar-refractivity contribution in [1.29, 1.82) is 0 Å². The number of hydrogen-bond donors (Lipinski definition) is 1. The minimum atomic E-state index is -1.45. The van der Waals surface area contributed by atoms with E-state index in [-0.39, 0.29) is 42.0 Å². The molecule has 8 atom stereocenters. The zero-order chi connectivity index (χ0) is 19.2. The summed E-state index contributed by atoms with van der Waals surface area (Å²) < 4.78 is 17.2. The number of carbonyl (C=O) groups excluding carboxylic acids is 2. The van der Waals surface area contributed by atoms with Crippen LogP contribution >= 0.6 is 0 Å². The summed E-state index contributed by atoms with van der Waals surface area (Å²) >= 11 is 0. The van der Waals surface area contributed by atoms with Crippen molar-refractivity contribution in [3.05, 3.63) is 11.6 Å². The molecule has 3 aliphatic heterocycles. The van der Waals surface area contributed by atoms with Crippen molar-refractivity contribution in [3.63, 3.8) is 0 Å². The summed E-state index contributed by atoms with van der Waals surface area (Å²) in [6.45, 7) is 6.18. The second-order valence-electron chi connectivity index (χ2n) is 8.82. The van der Waals surface area contributed by atoms with Crippen LogP contribution < -0.4 is 0 Å². The zero-order valence-electron chi connectivity index (χ0n) is 15.8. The van der Waals surface area contributed by atoms with Gasteiger partial charge in [0, 0.05) is 29.6 Å². The standard InChI is InChI=1S/C21H24O6/c1-4-25-6-5-20-11(2)7-15(22)14-10-21(24,27-20)13-9-16-12(8-17(23)26-16)18(13)19(14,20)3/h7,12-14,16,18,24H,4,8-10H2,1-3H3/t12-,13-,14+,16-,18+,19-,20+,21-/m0/s1. The molecule has 0 amide bonds. The van der Waals surface area contributed by atoms with E-state index in [0.29, 0.717) is 25.0 Å². The van der Waals surface area contributed by atoms with Gasteiger partial charge in [-0.1, -0.05) is 6.92 Å². The lowest BCUT2D eigenvalue weighted by Crippen LogP contribution is -2.76. The molecule has 0 aromatic carbocycles. The fourth-order valence-electron chi connectivity index (χ4n) is 6.85. The van der Waals surface area contributed by atoms with E-state index in [1.807, 2.05) is 20.8 Å². The number of ketones is 1. The van der Waals surface area contributed by atoms with Crippen LogP contribution in [0.5, 0.6) is 0 Å². The molecule has 6 rings (SSSR count). The molecule has 4 bridgehead atoms. The van der Waals surface area contributed by atoms with Gasteiger partial charge < -0.3 is 19.3 Å². The molecule has 144 valence electrons. The van der Waals surface area contributed by atoms with Crippen molar-refractivity contribution in [1.82, 2.24) is 0 Å². The van der Waals surface area contributed by atoms with Crippen LogP contribution in [-0.4, -0.2) is 41.0 Å². The average Bonchev–Trinajstić information content (AvgIpc) is 3.12. The van der Waals surface area contributed by atoms with E-state index in [4.69, 9.17) is 14.2 Å². The normalized spacial score (nSPS) is 51.7. The van der Waals surface area contributed by atoms with Gasteiger partial charge in [-0.3, -0.25) is 9.59 Å². The van der Waals surface area contributed by atoms with Crippen LogP contribution in [0, 0.1) is 41.1 Å². The Labute approximate surface area is 158 Å². The van der Waals surface area contributed by atoms with Gasteiger partial charge in [-0.2, -0.15) is 0 Å². The Morgan fingerprint density at radius 3 is 2.93 bits per heavy atom. The molecule has 0 aromatic rings. The van der Waals surface area contributed by atoms with Gasteiger partial charge in [-0.15, -0.1) is 0 Å². The van der Waals surface area contributed by atoms with Crippen molar-refractivity contribution in [3.8, 4) is 12.0 Å². The number of allylic oxidation sites excluding steroid dienone is 1. The number of fused-ring (bicyclic) bond motifs is 1. The molecule has 6 aliphatic rings. The van der Waals surface area contributed by atoms with Gasteiger partial charge in [-0.05, 0) is 43.8 Å². The zero-order valence-corrected chi connectivity index (χ0v) is 15.8. The Morgan fingerprint density at radius 1 is 1.41 bits per heavy atom. The molecule has 3 aliphatic carbocycles. The van der Waals surface area contributed by atoms with E-state index in [2.05, 4.69) is 12.0 Å². The largest absolute Gasteiger partial charge is 0.462 e. The summed E-state index contributed by atoms with van der Waals surface area (Å²) in [6.07, 6.45) is 5.30. The molecule has 0 unspecified atom stereocenters. The quantitative estimate of drug-likeness (QED) is 0.556. The molecule has 0 aromatic heterocycles. The number of rotatable bonds is 1. The van der Waals surface area contributed by atoms with Crippen LogP contribution in [-0.2, 0) is 23.8 Å². The minimum Gasteiger partial charge on any atom is -0.462 e. The van der Waals surface area contributed by atoms with E-state index in [0.717, 1.165) is 0 Å². The van der Waals surface area contributed by atoms with Gasteiger partial charge in [0.1, 0.15) is 12.2 Å². The Bertz CT molecular complexity index is 835. The van der Waals surface area contributed by atoms with Gasteiger partial charge in [-0.25, -0.2) is 0 Å². The molecular weight excluding hydrogens is 348 g/mol. The Morgan fingerprint density at radius 2 is 2.19 bits per heavy atom. The highest BCUT2D eigenvalue weighted by molar-refractivity contribution is 5.96. The minimum absolute atomic E-state index is 0.0118. The average molecular weight is 372 g/mol. The summed E-state index contributed by atoms with van der Waals surface area (Å²) in [4.78, 5) is 24.9. The molecule has 2 saturated carbocycles. The maximum absolute atomic E-state index is 12.9. The first-order valence-corrected chi connectivity index (χ1v) is 9.75. The van der Waals surface area contributed by atoms with Crippen molar-refractivity contribution in [2.45, 2.75) is 57.5 Å². The molecule has 6 heteroatoms. The Balaban J connectivity index is 1.72. The van der Waals surface area contributed by atoms with Crippen molar-refractivity contribution < 1.29 is 28.9 Å². The third kappa shape index (κ3) is 1.85. The van der Waals surface area contributed by atoms with Crippen LogP contribution in [0.2, 0.25) is 0 Å². The van der Waals surface area contributed by atoms with Crippen LogP contribution in [0.25, 0.3) is 0 Å². The van der Waals surface area contributed by atoms with Gasteiger partial charge in [0.15, 0.2) is 17.2 Å². The molecule has 0 radical (unpaired) electrons. The van der Waals surface area contributed by atoms with Gasteiger partial charge in [0.05, 0.1) is 13.0 Å². The maximum atomic E-state index is 12.9.